The normalized spacial score (nSPS) is 13.5. The predicted octanol–water partition coefficient (Wildman–Crippen LogP) is 3.74. The van der Waals surface area contributed by atoms with E-state index in [1.54, 1.807) is 42.6 Å². The average Bonchev–Trinajstić information content (AvgIpc) is 2.99. The van der Waals surface area contributed by atoms with Crippen LogP contribution in [0.25, 0.3) is 0 Å². The van der Waals surface area contributed by atoms with Gasteiger partial charge in [0.25, 0.3) is 0 Å². The number of hydrogen-bond donors (Lipinski definition) is 0. The topological polar surface area (TPSA) is 37.4 Å². The van der Waals surface area contributed by atoms with Crippen LogP contribution in [0.2, 0.25) is 0 Å². The first-order chi connectivity index (χ1) is 9.95. The molecule has 0 N–H and O–H groups in total. The van der Waals surface area contributed by atoms with Gasteiger partial charge in [0, 0.05) is 23.8 Å². The van der Waals surface area contributed by atoms with Crippen molar-refractivity contribution in [1.29, 1.82) is 0 Å². The third kappa shape index (κ3) is 3.86. The highest BCUT2D eigenvalue weighted by atomic mass is 35.5. The van der Waals surface area contributed by atoms with Crippen LogP contribution in [-0.2, 0) is 22.3 Å². The van der Waals surface area contributed by atoms with E-state index in [9.17, 15) is 8.42 Å². The van der Waals surface area contributed by atoms with E-state index in [0.29, 0.717) is 17.2 Å². The Morgan fingerprint density at radius 3 is 2.43 bits per heavy atom. The molecule has 6 heteroatoms. The zero-order valence-electron chi connectivity index (χ0n) is 12.0. The van der Waals surface area contributed by atoms with Crippen LogP contribution >= 0.6 is 22.9 Å². The van der Waals surface area contributed by atoms with Crippen LogP contribution in [0.5, 0.6) is 0 Å². The molecule has 1 heterocycles. The first-order valence-corrected chi connectivity index (χ1v) is 9.46. The number of halogens is 1. The van der Waals surface area contributed by atoms with Crippen LogP contribution in [0.1, 0.15) is 17.4 Å². The van der Waals surface area contributed by atoms with Crippen molar-refractivity contribution >= 4 is 33.0 Å². The molecule has 1 unspecified atom stereocenters. The molecule has 0 radical (unpaired) electrons. The van der Waals surface area contributed by atoms with Crippen molar-refractivity contribution in [3.8, 4) is 0 Å². The van der Waals surface area contributed by atoms with Gasteiger partial charge in [-0.25, -0.2) is 8.42 Å². The molecular formula is C15H18ClNO2S2. The van der Waals surface area contributed by atoms with Gasteiger partial charge in [-0.15, -0.1) is 22.9 Å². The van der Waals surface area contributed by atoms with Gasteiger partial charge in [-0.3, -0.25) is 0 Å². The number of nitrogens with zero attached hydrogens (tertiary/aromatic N) is 1. The maximum Gasteiger partial charge on any atom is 0.243 e. The summed E-state index contributed by atoms with van der Waals surface area (Å²) < 4.78 is 26.6. The van der Waals surface area contributed by atoms with Gasteiger partial charge in [-0.1, -0.05) is 18.2 Å². The number of thiophene rings is 1. The van der Waals surface area contributed by atoms with Crippen molar-refractivity contribution in [2.75, 3.05) is 7.05 Å². The van der Waals surface area contributed by atoms with Crippen molar-refractivity contribution in [3.05, 3.63) is 52.2 Å². The van der Waals surface area contributed by atoms with Crippen LogP contribution < -0.4 is 0 Å². The van der Waals surface area contributed by atoms with Crippen LogP contribution in [0, 0.1) is 0 Å². The lowest BCUT2D eigenvalue weighted by Crippen LogP contribution is -2.36. The highest BCUT2D eigenvalue weighted by Gasteiger charge is 2.25. The number of alkyl halides is 1. The van der Waals surface area contributed by atoms with Crippen molar-refractivity contribution in [2.24, 2.45) is 0 Å². The Bertz CT molecular complexity index is 666. The van der Waals surface area contributed by atoms with Gasteiger partial charge in [-0.2, -0.15) is 4.31 Å². The van der Waals surface area contributed by atoms with Crippen LogP contribution in [0.15, 0.2) is 46.7 Å². The molecule has 0 saturated heterocycles. The molecule has 3 nitrogen and oxygen atoms in total. The average molecular weight is 344 g/mol. The highest BCUT2D eigenvalue weighted by molar-refractivity contribution is 7.89. The fourth-order valence-corrected chi connectivity index (χ4v) is 4.37. The molecule has 21 heavy (non-hydrogen) atoms. The Balaban J connectivity index is 2.16. The number of hydrogen-bond acceptors (Lipinski definition) is 3. The summed E-state index contributed by atoms with van der Waals surface area (Å²) in [7, 11) is -1.84. The second-order valence-electron chi connectivity index (χ2n) is 4.93. The fraction of sp³-hybridized carbons (Fsp3) is 0.333. The lowest BCUT2D eigenvalue weighted by Gasteiger charge is -2.24. The quantitative estimate of drug-likeness (QED) is 0.749. The summed E-state index contributed by atoms with van der Waals surface area (Å²) in [4.78, 5) is 1.49. The van der Waals surface area contributed by atoms with E-state index in [4.69, 9.17) is 11.6 Å². The van der Waals surface area contributed by atoms with E-state index in [1.165, 1.54) is 9.18 Å². The summed E-state index contributed by atoms with van der Waals surface area (Å²) in [5.74, 6) is 0.380. The molecule has 2 aromatic rings. The van der Waals surface area contributed by atoms with Crippen molar-refractivity contribution in [2.45, 2.75) is 30.2 Å². The molecule has 0 aliphatic heterocycles. The zero-order valence-corrected chi connectivity index (χ0v) is 14.4. The molecule has 1 aromatic carbocycles. The smallest absolute Gasteiger partial charge is 0.207 e. The summed E-state index contributed by atoms with van der Waals surface area (Å²) >= 11 is 7.37. The number of rotatable bonds is 6. The van der Waals surface area contributed by atoms with Gasteiger partial charge in [0.1, 0.15) is 0 Å². The Morgan fingerprint density at radius 1 is 1.24 bits per heavy atom. The molecule has 2 rings (SSSR count). The van der Waals surface area contributed by atoms with E-state index < -0.39 is 10.0 Å². The van der Waals surface area contributed by atoms with Crippen molar-refractivity contribution in [1.82, 2.24) is 4.31 Å². The standard InChI is InChI=1S/C15H18ClNO2S2/c1-12(10-14-4-3-9-20-14)17(2)21(18,19)15-7-5-13(11-16)6-8-15/h3-9,12H,10-11H2,1-2H3. The summed E-state index contributed by atoms with van der Waals surface area (Å²) in [5, 5.41) is 2.00. The second kappa shape index (κ2) is 6.92. The first-order valence-electron chi connectivity index (χ1n) is 6.60. The number of likely N-dealkylation sites (N-methyl/N-ethyl adjacent to an activating group) is 1. The third-order valence-corrected chi connectivity index (χ3v) is 6.65. The minimum atomic E-state index is -3.47. The summed E-state index contributed by atoms with van der Waals surface area (Å²) in [6.45, 7) is 1.92. The predicted molar refractivity (Wildman–Crippen MR) is 88.4 cm³/mol. The molecule has 1 aromatic heterocycles. The van der Waals surface area contributed by atoms with Crippen molar-refractivity contribution < 1.29 is 8.42 Å². The number of sulfonamides is 1. The maximum atomic E-state index is 12.6. The second-order valence-corrected chi connectivity index (χ2v) is 8.23. The summed E-state index contributed by atoms with van der Waals surface area (Å²) in [5.41, 5.74) is 0.907. The SMILES string of the molecule is CC(Cc1cccs1)N(C)S(=O)(=O)c1ccc(CCl)cc1. The minimum absolute atomic E-state index is 0.0960. The zero-order chi connectivity index (χ0) is 15.5. The molecule has 0 aliphatic rings. The molecule has 0 fully saturated rings. The van der Waals surface area contributed by atoms with E-state index in [2.05, 4.69) is 0 Å². The Kier molecular flexibility index (Phi) is 5.43. The van der Waals surface area contributed by atoms with E-state index in [1.807, 2.05) is 24.4 Å². The lowest BCUT2D eigenvalue weighted by atomic mass is 10.2. The Morgan fingerprint density at radius 2 is 1.90 bits per heavy atom. The number of benzene rings is 1. The molecule has 0 amide bonds. The van der Waals surface area contributed by atoms with Crippen LogP contribution in [0.4, 0.5) is 0 Å². The third-order valence-electron chi connectivity index (χ3n) is 3.45. The van der Waals surface area contributed by atoms with Gasteiger partial charge >= 0.3 is 0 Å². The van der Waals surface area contributed by atoms with Crippen LogP contribution in [0.3, 0.4) is 0 Å². The van der Waals surface area contributed by atoms with Gasteiger partial charge < -0.3 is 0 Å². The largest absolute Gasteiger partial charge is 0.243 e. The minimum Gasteiger partial charge on any atom is -0.207 e. The maximum absolute atomic E-state index is 12.6. The molecule has 1 atom stereocenters. The highest BCUT2D eigenvalue weighted by Crippen LogP contribution is 2.21. The molecule has 0 spiro atoms. The van der Waals surface area contributed by atoms with Gasteiger partial charge in [0.15, 0.2) is 0 Å². The summed E-state index contributed by atoms with van der Waals surface area (Å²) in [6, 6.07) is 10.6. The van der Waals surface area contributed by atoms with Crippen LogP contribution in [-0.4, -0.2) is 25.8 Å². The fourth-order valence-electron chi connectivity index (χ4n) is 2.00. The molecule has 114 valence electrons. The molecular weight excluding hydrogens is 326 g/mol. The van der Waals surface area contributed by atoms with Gasteiger partial charge in [0.2, 0.25) is 10.0 Å². The Hall–Kier alpha value is -0.880. The first kappa shape index (κ1) is 16.5. The molecule has 0 saturated carbocycles. The van der Waals surface area contributed by atoms with E-state index in [-0.39, 0.29) is 6.04 Å². The molecule has 0 bridgehead atoms. The monoisotopic (exact) mass is 343 g/mol. The lowest BCUT2D eigenvalue weighted by molar-refractivity contribution is 0.388. The van der Waals surface area contributed by atoms with Crippen molar-refractivity contribution in [3.63, 3.8) is 0 Å². The van der Waals surface area contributed by atoms with Gasteiger partial charge in [-0.05, 0) is 42.5 Å². The summed E-state index contributed by atoms with van der Waals surface area (Å²) in [6.07, 6.45) is 0.715. The Labute approximate surface area is 135 Å². The van der Waals surface area contributed by atoms with Gasteiger partial charge in [0.05, 0.1) is 4.90 Å². The van der Waals surface area contributed by atoms with E-state index >= 15 is 0 Å². The van der Waals surface area contributed by atoms with E-state index in [0.717, 1.165) is 5.56 Å². The molecule has 0 aliphatic carbocycles.